The van der Waals surface area contributed by atoms with E-state index in [1.807, 2.05) is 35.7 Å². The van der Waals surface area contributed by atoms with E-state index in [0.29, 0.717) is 25.1 Å². The summed E-state index contributed by atoms with van der Waals surface area (Å²) in [7, 11) is -3.08. The molecule has 116 valence electrons. The van der Waals surface area contributed by atoms with Gasteiger partial charge in [0.1, 0.15) is 0 Å². The fourth-order valence-corrected chi connectivity index (χ4v) is 4.33. The number of thiophene rings is 1. The molecule has 1 unspecified atom stereocenters. The zero-order valence-electron chi connectivity index (χ0n) is 12.2. The van der Waals surface area contributed by atoms with Crippen molar-refractivity contribution in [3.63, 3.8) is 0 Å². The molecule has 1 amide bonds. The van der Waals surface area contributed by atoms with Gasteiger partial charge in [-0.3, -0.25) is 4.79 Å². The molecule has 1 aliphatic rings. The standard InChI is InChI=1S/C16H17NO3S2/c1-22(19,20)15-6-8-17(10-15)16(18)13-4-2-12(3-5-13)14-7-9-21-11-14/h2-5,7,9,11,15H,6,8,10H2,1H3. The molecule has 0 radical (unpaired) electrons. The third-order valence-corrected chi connectivity index (χ3v) is 6.30. The van der Waals surface area contributed by atoms with Crippen LogP contribution in [0, 0.1) is 0 Å². The van der Waals surface area contributed by atoms with E-state index in [4.69, 9.17) is 0 Å². The topological polar surface area (TPSA) is 54.5 Å². The molecule has 2 heterocycles. The van der Waals surface area contributed by atoms with Crippen LogP contribution in [0.25, 0.3) is 11.1 Å². The maximum atomic E-state index is 12.5. The minimum atomic E-state index is -3.08. The summed E-state index contributed by atoms with van der Waals surface area (Å²) in [5.74, 6) is -0.0944. The lowest BCUT2D eigenvalue weighted by Gasteiger charge is -2.16. The molecule has 0 aliphatic carbocycles. The van der Waals surface area contributed by atoms with E-state index >= 15 is 0 Å². The largest absolute Gasteiger partial charge is 0.337 e. The van der Waals surface area contributed by atoms with Crippen molar-refractivity contribution < 1.29 is 13.2 Å². The molecular weight excluding hydrogens is 318 g/mol. The number of sulfone groups is 1. The van der Waals surface area contributed by atoms with Gasteiger partial charge in [0.15, 0.2) is 9.84 Å². The lowest BCUT2D eigenvalue weighted by molar-refractivity contribution is 0.0793. The highest BCUT2D eigenvalue weighted by Gasteiger charge is 2.32. The lowest BCUT2D eigenvalue weighted by atomic mass is 10.1. The number of hydrogen-bond acceptors (Lipinski definition) is 4. The van der Waals surface area contributed by atoms with Crippen molar-refractivity contribution in [3.8, 4) is 11.1 Å². The summed E-state index contributed by atoms with van der Waals surface area (Å²) in [6, 6.07) is 9.52. The average Bonchev–Trinajstić information content (AvgIpc) is 3.17. The molecule has 1 aromatic heterocycles. The van der Waals surface area contributed by atoms with Crippen LogP contribution in [0.15, 0.2) is 41.1 Å². The van der Waals surface area contributed by atoms with Crippen molar-refractivity contribution in [1.82, 2.24) is 4.90 Å². The van der Waals surface area contributed by atoms with Crippen molar-refractivity contribution in [1.29, 1.82) is 0 Å². The molecule has 3 rings (SSSR count). The van der Waals surface area contributed by atoms with Gasteiger partial charge in [-0.05, 0) is 46.5 Å². The molecule has 1 atom stereocenters. The first-order valence-corrected chi connectivity index (χ1v) is 9.95. The van der Waals surface area contributed by atoms with Crippen LogP contribution >= 0.6 is 11.3 Å². The number of hydrogen-bond donors (Lipinski definition) is 0. The molecule has 1 aromatic carbocycles. The van der Waals surface area contributed by atoms with E-state index in [9.17, 15) is 13.2 Å². The minimum absolute atomic E-state index is 0.0944. The quantitative estimate of drug-likeness (QED) is 0.866. The third-order valence-electron chi connectivity index (χ3n) is 4.02. The Labute approximate surface area is 134 Å². The fourth-order valence-electron chi connectivity index (χ4n) is 2.68. The Morgan fingerprint density at radius 2 is 1.91 bits per heavy atom. The van der Waals surface area contributed by atoms with Gasteiger partial charge in [-0.25, -0.2) is 8.42 Å². The molecule has 22 heavy (non-hydrogen) atoms. The number of benzene rings is 1. The molecule has 1 aliphatic heterocycles. The van der Waals surface area contributed by atoms with Crippen molar-refractivity contribution in [2.24, 2.45) is 0 Å². The Kier molecular flexibility index (Phi) is 4.06. The van der Waals surface area contributed by atoms with E-state index in [2.05, 4.69) is 5.38 Å². The van der Waals surface area contributed by atoms with Gasteiger partial charge in [0.2, 0.25) is 0 Å². The first-order chi connectivity index (χ1) is 10.4. The number of nitrogens with zero attached hydrogens (tertiary/aromatic N) is 1. The maximum Gasteiger partial charge on any atom is 0.253 e. The van der Waals surface area contributed by atoms with E-state index in [0.717, 1.165) is 11.1 Å². The highest BCUT2D eigenvalue weighted by Crippen LogP contribution is 2.24. The Morgan fingerprint density at radius 3 is 2.45 bits per heavy atom. The van der Waals surface area contributed by atoms with Gasteiger partial charge in [0.25, 0.3) is 5.91 Å². The minimum Gasteiger partial charge on any atom is -0.337 e. The molecule has 0 N–H and O–H groups in total. The summed E-state index contributed by atoms with van der Waals surface area (Å²) in [4.78, 5) is 14.1. The van der Waals surface area contributed by atoms with Crippen LogP contribution in [0.5, 0.6) is 0 Å². The molecular formula is C16H17NO3S2. The smallest absolute Gasteiger partial charge is 0.253 e. The van der Waals surface area contributed by atoms with Gasteiger partial charge in [0, 0.05) is 24.9 Å². The lowest BCUT2D eigenvalue weighted by Crippen LogP contribution is -2.31. The third kappa shape index (κ3) is 3.08. The van der Waals surface area contributed by atoms with Crippen LogP contribution in [0.3, 0.4) is 0 Å². The summed E-state index contributed by atoms with van der Waals surface area (Å²) in [5.41, 5.74) is 2.82. The Morgan fingerprint density at radius 1 is 1.18 bits per heavy atom. The molecule has 0 saturated carbocycles. The SMILES string of the molecule is CS(=O)(=O)C1CCN(C(=O)c2ccc(-c3ccsc3)cc2)C1. The number of carbonyl (C=O) groups excluding carboxylic acids is 1. The summed E-state index contributed by atoms with van der Waals surface area (Å²) in [5, 5.41) is 3.65. The second-order valence-corrected chi connectivity index (χ2v) is 8.69. The van der Waals surface area contributed by atoms with Gasteiger partial charge in [0.05, 0.1) is 5.25 Å². The molecule has 0 bridgehead atoms. The van der Waals surface area contributed by atoms with E-state index in [1.54, 1.807) is 16.2 Å². The second-order valence-electron chi connectivity index (χ2n) is 5.58. The average molecular weight is 335 g/mol. The van der Waals surface area contributed by atoms with Gasteiger partial charge in [-0.1, -0.05) is 12.1 Å². The van der Waals surface area contributed by atoms with Gasteiger partial charge >= 0.3 is 0 Å². The summed E-state index contributed by atoms with van der Waals surface area (Å²) in [6.45, 7) is 0.798. The normalized spacial score (nSPS) is 18.6. The summed E-state index contributed by atoms with van der Waals surface area (Å²) >= 11 is 1.64. The molecule has 2 aromatic rings. The van der Waals surface area contributed by atoms with Crippen molar-refractivity contribution in [2.75, 3.05) is 19.3 Å². The maximum absolute atomic E-state index is 12.5. The second kappa shape index (κ2) is 5.85. The number of amides is 1. The first kappa shape index (κ1) is 15.2. The predicted molar refractivity (Wildman–Crippen MR) is 88.9 cm³/mol. The monoisotopic (exact) mass is 335 g/mol. The van der Waals surface area contributed by atoms with E-state index < -0.39 is 15.1 Å². The molecule has 1 saturated heterocycles. The number of likely N-dealkylation sites (tertiary alicyclic amines) is 1. The van der Waals surface area contributed by atoms with Crippen LogP contribution in [-0.4, -0.2) is 43.8 Å². The highest BCUT2D eigenvalue weighted by molar-refractivity contribution is 7.91. The predicted octanol–water partition coefficient (Wildman–Crippen LogP) is 2.67. The highest BCUT2D eigenvalue weighted by atomic mass is 32.2. The number of rotatable bonds is 3. The molecule has 6 heteroatoms. The molecule has 4 nitrogen and oxygen atoms in total. The van der Waals surface area contributed by atoms with E-state index in [-0.39, 0.29) is 5.91 Å². The van der Waals surface area contributed by atoms with Gasteiger partial charge in [-0.15, -0.1) is 0 Å². The van der Waals surface area contributed by atoms with Crippen LogP contribution in [0.2, 0.25) is 0 Å². The Bertz CT molecular complexity index is 764. The van der Waals surface area contributed by atoms with Crippen molar-refractivity contribution in [3.05, 3.63) is 46.7 Å². The zero-order valence-corrected chi connectivity index (χ0v) is 13.9. The zero-order chi connectivity index (χ0) is 15.7. The van der Waals surface area contributed by atoms with Crippen molar-refractivity contribution in [2.45, 2.75) is 11.7 Å². The van der Waals surface area contributed by atoms with E-state index in [1.165, 1.54) is 6.26 Å². The van der Waals surface area contributed by atoms with Gasteiger partial charge < -0.3 is 4.90 Å². The van der Waals surface area contributed by atoms with Gasteiger partial charge in [-0.2, -0.15) is 11.3 Å². The summed E-state index contributed by atoms with van der Waals surface area (Å²) < 4.78 is 23.2. The molecule has 0 spiro atoms. The van der Waals surface area contributed by atoms with Crippen LogP contribution in [0.4, 0.5) is 0 Å². The molecule has 1 fully saturated rings. The van der Waals surface area contributed by atoms with Crippen molar-refractivity contribution >= 4 is 27.1 Å². The summed E-state index contributed by atoms with van der Waals surface area (Å²) in [6.07, 6.45) is 1.76. The van der Waals surface area contributed by atoms with Crippen LogP contribution in [0.1, 0.15) is 16.8 Å². The van der Waals surface area contributed by atoms with Crippen LogP contribution < -0.4 is 0 Å². The Balaban J connectivity index is 1.73. The Hall–Kier alpha value is -1.66. The number of carbonyl (C=O) groups is 1. The van der Waals surface area contributed by atoms with Crippen LogP contribution in [-0.2, 0) is 9.84 Å². The fraction of sp³-hybridized carbons (Fsp3) is 0.312. The first-order valence-electron chi connectivity index (χ1n) is 7.06.